The molecular formula is C54H39N. The van der Waals surface area contributed by atoms with Gasteiger partial charge in [-0.05, 0) is 112 Å². The summed E-state index contributed by atoms with van der Waals surface area (Å²) in [5.74, 6) is 0. The zero-order valence-electron chi connectivity index (χ0n) is 31.5. The molecule has 0 saturated heterocycles. The number of hydrogen-bond donors (Lipinski definition) is 0. The summed E-state index contributed by atoms with van der Waals surface area (Å²) in [7, 11) is 0. The molecule has 1 aromatic heterocycles. The lowest BCUT2D eigenvalue weighted by molar-refractivity contribution is 0.594. The molecule has 55 heavy (non-hydrogen) atoms. The highest BCUT2D eigenvalue weighted by Crippen LogP contribution is 2.56. The molecule has 0 bridgehead atoms. The highest BCUT2D eigenvalue weighted by molar-refractivity contribution is 6.23. The van der Waals surface area contributed by atoms with Crippen molar-refractivity contribution in [2.45, 2.75) is 38.5 Å². The molecule has 0 unspecified atom stereocenters. The fourth-order valence-corrected chi connectivity index (χ4v) is 10.6. The molecule has 3 heterocycles. The van der Waals surface area contributed by atoms with Gasteiger partial charge in [0.05, 0.1) is 16.7 Å². The van der Waals surface area contributed by atoms with Crippen LogP contribution in [-0.2, 0) is 10.8 Å². The summed E-state index contributed by atoms with van der Waals surface area (Å²) in [6.07, 6.45) is 0. The van der Waals surface area contributed by atoms with Crippen molar-refractivity contribution in [1.29, 1.82) is 0 Å². The summed E-state index contributed by atoms with van der Waals surface area (Å²) < 4.78 is 2.63. The third-order valence-corrected chi connectivity index (χ3v) is 13.3. The van der Waals surface area contributed by atoms with E-state index < -0.39 is 0 Å². The molecule has 1 nitrogen and oxygen atoms in total. The number of rotatable bonds is 3. The van der Waals surface area contributed by atoms with Crippen LogP contribution in [0.3, 0.4) is 0 Å². The summed E-state index contributed by atoms with van der Waals surface area (Å²) in [6, 6.07) is 61.8. The lowest BCUT2D eigenvalue weighted by atomic mass is 9.68. The van der Waals surface area contributed by atoms with Crippen LogP contribution in [0.5, 0.6) is 0 Å². The van der Waals surface area contributed by atoms with E-state index in [-0.39, 0.29) is 10.8 Å². The van der Waals surface area contributed by atoms with Gasteiger partial charge in [0.2, 0.25) is 0 Å². The Balaban J connectivity index is 1.16. The van der Waals surface area contributed by atoms with Gasteiger partial charge in [0.25, 0.3) is 0 Å². The molecule has 10 aromatic rings. The molecule has 2 aliphatic heterocycles. The Bertz CT molecular complexity index is 3260. The Morgan fingerprint density at radius 2 is 0.836 bits per heavy atom. The number of para-hydroxylation sites is 2. The van der Waals surface area contributed by atoms with Crippen LogP contribution in [0.15, 0.2) is 164 Å². The van der Waals surface area contributed by atoms with Crippen molar-refractivity contribution in [3.63, 3.8) is 0 Å². The van der Waals surface area contributed by atoms with Gasteiger partial charge in [-0.25, -0.2) is 0 Å². The van der Waals surface area contributed by atoms with Gasteiger partial charge in [-0.1, -0.05) is 167 Å². The molecule has 1 heteroatoms. The van der Waals surface area contributed by atoms with E-state index in [0.29, 0.717) is 0 Å². The molecule has 0 spiro atoms. The molecule has 0 aliphatic carbocycles. The lowest BCUT2D eigenvalue weighted by Crippen LogP contribution is -2.33. The van der Waals surface area contributed by atoms with Gasteiger partial charge in [-0.3, -0.25) is 0 Å². The maximum Gasteiger partial charge on any atom is 0.0582 e. The maximum absolute atomic E-state index is 2.63. The summed E-state index contributed by atoms with van der Waals surface area (Å²) in [5, 5.41) is 10.3. The molecule has 0 amide bonds. The first-order valence-electron chi connectivity index (χ1n) is 19.6. The molecule has 0 radical (unpaired) electrons. The minimum atomic E-state index is -0.188. The van der Waals surface area contributed by atoms with E-state index in [4.69, 9.17) is 0 Å². The van der Waals surface area contributed by atoms with E-state index in [1.165, 1.54) is 115 Å². The van der Waals surface area contributed by atoms with Crippen LogP contribution in [0, 0.1) is 0 Å². The zero-order valence-corrected chi connectivity index (χ0v) is 31.5. The van der Waals surface area contributed by atoms with Crippen LogP contribution in [-0.4, -0.2) is 4.57 Å². The van der Waals surface area contributed by atoms with Crippen molar-refractivity contribution < 1.29 is 0 Å². The highest BCUT2D eigenvalue weighted by Gasteiger charge is 2.43. The third-order valence-electron chi connectivity index (χ3n) is 13.3. The second-order valence-electron chi connectivity index (χ2n) is 16.9. The Morgan fingerprint density at radius 1 is 0.327 bits per heavy atom. The zero-order chi connectivity index (χ0) is 36.8. The van der Waals surface area contributed by atoms with E-state index in [0.717, 1.165) is 0 Å². The first-order chi connectivity index (χ1) is 26.8. The van der Waals surface area contributed by atoms with Crippen molar-refractivity contribution in [1.82, 2.24) is 4.57 Å². The second-order valence-corrected chi connectivity index (χ2v) is 16.9. The lowest BCUT2D eigenvalue weighted by Gasteiger charge is -2.42. The summed E-state index contributed by atoms with van der Waals surface area (Å²) in [5.41, 5.74) is 17.0. The molecule has 9 aromatic carbocycles. The Kier molecular flexibility index (Phi) is 5.98. The fourth-order valence-electron chi connectivity index (χ4n) is 10.6. The molecule has 260 valence electrons. The van der Waals surface area contributed by atoms with Crippen LogP contribution in [0.4, 0.5) is 0 Å². The SMILES string of the molecule is CC1(C)c2cccc3c2-n2c4c1cccc4c1cc(-c4c5ccccc5c(-c5cccc(-c6ccc7ccccc7c6)c5)c5ccccc45)cc(c12)C3(C)C. The first kappa shape index (κ1) is 31.0. The van der Waals surface area contributed by atoms with Gasteiger partial charge >= 0.3 is 0 Å². The van der Waals surface area contributed by atoms with Crippen LogP contribution in [0.2, 0.25) is 0 Å². The molecule has 12 rings (SSSR count). The van der Waals surface area contributed by atoms with E-state index in [1.807, 2.05) is 0 Å². The second kappa shape index (κ2) is 10.6. The summed E-state index contributed by atoms with van der Waals surface area (Å²) >= 11 is 0. The van der Waals surface area contributed by atoms with Gasteiger partial charge in [-0.15, -0.1) is 0 Å². The minimum Gasteiger partial charge on any atom is -0.308 e. The maximum atomic E-state index is 2.63. The Morgan fingerprint density at radius 3 is 1.55 bits per heavy atom. The molecular weight excluding hydrogens is 663 g/mol. The van der Waals surface area contributed by atoms with E-state index in [2.05, 4.69) is 196 Å². The Hall–Kier alpha value is -6.44. The van der Waals surface area contributed by atoms with Crippen molar-refractivity contribution >= 4 is 54.1 Å². The van der Waals surface area contributed by atoms with Gasteiger partial charge in [0, 0.05) is 21.6 Å². The number of nitrogens with zero attached hydrogens (tertiary/aromatic N) is 1. The Labute approximate surface area is 321 Å². The number of hydrogen-bond acceptors (Lipinski definition) is 0. The average Bonchev–Trinajstić information content (AvgIpc) is 3.55. The third kappa shape index (κ3) is 3.98. The van der Waals surface area contributed by atoms with E-state index >= 15 is 0 Å². The number of fused-ring (bicyclic) bond motifs is 4. The predicted octanol–water partition coefficient (Wildman–Crippen LogP) is 14.5. The van der Waals surface area contributed by atoms with Crippen LogP contribution in [0.25, 0.3) is 93.2 Å². The number of benzene rings is 9. The molecule has 0 fully saturated rings. The van der Waals surface area contributed by atoms with E-state index in [9.17, 15) is 0 Å². The number of aromatic nitrogens is 1. The first-order valence-corrected chi connectivity index (χ1v) is 19.6. The van der Waals surface area contributed by atoms with Gasteiger partial charge in [0.1, 0.15) is 0 Å². The fraction of sp³-hybridized carbons (Fsp3) is 0.111. The predicted molar refractivity (Wildman–Crippen MR) is 234 cm³/mol. The highest BCUT2D eigenvalue weighted by atomic mass is 15.0. The quantitative estimate of drug-likeness (QED) is 0.162. The van der Waals surface area contributed by atoms with Crippen molar-refractivity contribution in [3.05, 3.63) is 186 Å². The van der Waals surface area contributed by atoms with E-state index in [1.54, 1.807) is 0 Å². The summed E-state index contributed by atoms with van der Waals surface area (Å²) in [6.45, 7) is 9.69. The molecule has 0 N–H and O–H groups in total. The molecule has 2 aliphatic rings. The van der Waals surface area contributed by atoms with Gasteiger partial charge < -0.3 is 4.57 Å². The topological polar surface area (TPSA) is 4.93 Å². The van der Waals surface area contributed by atoms with Crippen molar-refractivity contribution in [2.24, 2.45) is 0 Å². The molecule has 0 atom stereocenters. The van der Waals surface area contributed by atoms with Crippen molar-refractivity contribution in [2.75, 3.05) is 0 Å². The van der Waals surface area contributed by atoms with Crippen molar-refractivity contribution in [3.8, 4) is 39.1 Å². The average molecular weight is 702 g/mol. The van der Waals surface area contributed by atoms with Gasteiger partial charge in [-0.2, -0.15) is 0 Å². The van der Waals surface area contributed by atoms with Crippen LogP contribution >= 0.6 is 0 Å². The van der Waals surface area contributed by atoms with Crippen LogP contribution < -0.4 is 0 Å². The molecule has 0 saturated carbocycles. The smallest absolute Gasteiger partial charge is 0.0582 e. The largest absolute Gasteiger partial charge is 0.308 e. The van der Waals surface area contributed by atoms with Gasteiger partial charge in [0.15, 0.2) is 0 Å². The standard InChI is InChI=1S/C54H39N/c1-53(2)44-23-12-22-42-43-30-37(31-47-51(43)55(50(42)44)52-45(53)24-13-25-46(52)54(47,3)4)49-40-20-9-7-18-38(40)48(39-19-8-10-21-41(39)49)36-17-11-16-34(29-36)35-27-26-32-14-5-6-15-33(32)28-35/h5-31H,1-4H3. The monoisotopic (exact) mass is 701 g/mol. The summed E-state index contributed by atoms with van der Waals surface area (Å²) in [4.78, 5) is 0. The normalized spacial score (nSPS) is 14.8. The van der Waals surface area contributed by atoms with Crippen LogP contribution in [0.1, 0.15) is 49.9 Å². The minimum absolute atomic E-state index is 0.0977.